The first-order valence-electron chi connectivity index (χ1n) is 10.9. The number of fused-ring (bicyclic) bond motifs is 1. The van der Waals surface area contributed by atoms with Gasteiger partial charge in [0, 0.05) is 11.9 Å². The lowest BCUT2D eigenvalue weighted by Crippen LogP contribution is -2.33. The van der Waals surface area contributed by atoms with Gasteiger partial charge in [0.2, 0.25) is 0 Å². The van der Waals surface area contributed by atoms with Crippen molar-refractivity contribution in [1.29, 1.82) is 0 Å². The predicted molar refractivity (Wildman–Crippen MR) is 125 cm³/mol. The van der Waals surface area contributed by atoms with Crippen molar-refractivity contribution in [2.45, 2.75) is 52.1 Å². The quantitative estimate of drug-likeness (QED) is 0.572. The molecule has 3 aromatic rings. The van der Waals surface area contributed by atoms with Gasteiger partial charge in [0.15, 0.2) is 6.10 Å². The Morgan fingerprint density at radius 3 is 2.59 bits per heavy atom. The zero-order valence-electron chi connectivity index (χ0n) is 18.5. The van der Waals surface area contributed by atoms with E-state index in [-0.39, 0.29) is 11.2 Å². The molecule has 1 aromatic carbocycles. The van der Waals surface area contributed by atoms with Crippen molar-refractivity contribution in [2.75, 3.05) is 5.32 Å². The van der Waals surface area contributed by atoms with Crippen LogP contribution in [0.5, 0.6) is 0 Å². The van der Waals surface area contributed by atoms with Crippen molar-refractivity contribution in [3.05, 3.63) is 67.8 Å². The number of ether oxygens (including phenoxy) is 1. The normalized spacial score (nSPS) is 14.0. The maximum absolute atomic E-state index is 13.0. The number of carbonyl (C=O) groups is 2. The number of nitrogens with one attached hydrogen (secondary N) is 1. The molecule has 0 radical (unpaired) electrons. The highest BCUT2D eigenvalue weighted by Crippen LogP contribution is 2.30. The van der Waals surface area contributed by atoms with Gasteiger partial charge in [-0.05, 0) is 62.8 Å². The second-order valence-electron chi connectivity index (χ2n) is 7.99. The minimum atomic E-state index is -0.981. The van der Waals surface area contributed by atoms with Gasteiger partial charge < -0.3 is 10.1 Å². The molecule has 0 fully saturated rings. The molecule has 1 amide bonds. The third kappa shape index (κ3) is 4.14. The molecule has 0 aliphatic heterocycles. The Morgan fingerprint density at radius 1 is 1.19 bits per heavy atom. The van der Waals surface area contributed by atoms with Gasteiger partial charge in [0.1, 0.15) is 10.6 Å². The van der Waals surface area contributed by atoms with E-state index >= 15 is 0 Å². The van der Waals surface area contributed by atoms with Crippen LogP contribution in [0.25, 0.3) is 5.69 Å². The monoisotopic (exact) mass is 453 g/mol. The molecule has 2 heterocycles. The smallest absolute Gasteiger partial charge is 0.349 e. The van der Waals surface area contributed by atoms with E-state index in [1.165, 1.54) is 26.5 Å². The molecule has 1 N–H and O–H groups in total. The van der Waals surface area contributed by atoms with Crippen molar-refractivity contribution in [3.63, 3.8) is 0 Å². The zero-order valence-corrected chi connectivity index (χ0v) is 19.3. The first-order valence-corrected chi connectivity index (χ1v) is 11.7. The topological polar surface area (TPSA) is 82.3 Å². The van der Waals surface area contributed by atoms with Crippen molar-refractivity contribution >= 4 is 28.9 Å². The molecule has 168 valence electrons. The van der Waals surface area contributed by atoms with Crippen molar-refractivity contribution in [3.8, 4) is 5.69 Å². The molecule has 2 aromatic heterocycles. The number of thiophene rings is 1. The molecular weight excluding hydrogens is 426 g/mol. The molecule has 0 saturated heterocycles. The molecule has 0 saturated carbocycles. The number of amides is 1. The van der Waals surface area contributed by atoms with Crippen molar-refractivity contribution < 1.29 is 14.3 Å². The Kier molecular flexibility index (Phi) is 6.32. The largest absolute Gasteiger partial charge is 0.448 e. The van der Waals surface area contributed by atoms with E-state index in [9.17, 15) is 14.4 Å². The fraction of sp³-hybridized carbons (Fsp3) is 0.375. The van der Waals surface area contributed by atoms with Gasteiger partial charge in [0.05, 0.1) is 11.4 Å². The van der Waals surface area contributed by atoms with E-state index < -0.39 is 18.0 Å². The summed E-state index contributed by atoms with van der Waals surface area (Å²) in [5, 5.41) is 2.70. The number of anilines is 1. The van der Waals surface area contributed by atoms with Crippen LogP contribution in [0.4, 0.5) is 5.69 Å². The van der Waals surface area contributed by atoms with Gasteiger partial charge >= 0.3 is 5.97 Å². The van der Waals surface area contributed by atoms with Gasteiger partial charge in [-0.3, -0.25) is 14.3 Å². The van der Waals surface area contributed by atoms with Crippen LogP contribution in [0.1, 0.15) is 52.0 Å². The van der Waals surface area contributed by atoms with Crippen molar-refractivity contribution in [1.82, 2.24) is 9.36 Å². The van der Waals surface area contributed by atoms with Crippen LogP contribution in [0.15, 0.2) is 41.2 Å². The summed E-state index contributed by atoms with van der Waals surface area (Å²) in [7, 11) is 1.76. The molecule has 4 rings (SSSR count). The van der Waals surface area contributed by atoms with Crippen LogP contribution in [0, 0.1) is 6.92 Å². The molecule has 32 heavy (non-hydrogen) atoms. The standard InChI is InChI=1S/C24H27N3O4S/c1-4-18(31-24(30)20-14-16-10-8-9-13-19(16)32-20)22(28)25-21-15(2)26(3)27(23(21)29)17-11-6-5-7-12-17/h5-7,11-12,14,18H,4,8-10,13H2,1-3H3,(H,25,28). The zero-order chi connectivity index (χ0) is 22.8. The highest BCUT2D eigenvalue weighted by atomic mass is 32.1. The number of carbonyl (C=O) groups excluding carboxylic acids is 2. The number of esters is 1. The van der Waals surface area contributed by atoms with Crippen LogP contribution >= 0.6 is 11.3 Å². The molecule has 0 spiro atoms. The maximum Gasteiger partial charge on any atom is 0.349 e. The van der Waals surface area contributed by atoms with E-state index in [0.29, 0.717) is 22.7 Å². The number of hydrogen-bond donors (Lipinski definition) is 1. The Balaban J connectivity index is 1.52. The first-order chi connectivity index (χ1) is 15.4. The molecule has 0 bridgehead atoms. The summed E-state index contributed by atoms with van der Waals surface area (Å²) in [5.74, 6) is -0.994. The lowest BCUT2D eigenvalue weighted by molar-refractivity contribution is -0.124. The van der Waals surface area contributed by atoms with E-state index in [1.807, 2.05) is 36.4 Å². The highest BCUT2D eigenvalue weighted by Gasteiger charge is 2.27. The molecule has 1 atom stereocenters. The van der Waals surface area contributed by atoms with Crippen LogP contribution in [-0.4, -0.2) is 27.3 Å². The maximum atomic E-state index is 13.0. The van der Waals surface area contributed by atoms with Gasteiger partial charge in [-0.2, -0.15) is 0 Å². The molecule has 1 unspecified atom stereocenters. The summed E-state index contributed by atoms with van der Waals surface area (Å²) in [6.45, 7) is 3.54. The summed E-state index contributed by atoms with van der Waals surface area (Å²) in [6.07, 6.45) is 3.57. The highest BCUT2D eigenvalue weighted by molar-refractivity contribution is 7.14. The van der Waals surface area contributed by atoms with E-state index in [1.54, 1.807) is 25.6 Å². The van der Waals surface area contributed by atoms with Crippen LogP contribution in [0.2, 0.25) is 0 Å². The number of benzene rings is 1. The minimum absolute atomic E-state index is 0.183. The summed E-state index contributed by atoms with van der Waals surface area (Å²) in [4.78, 5) is 40.4. The van der Waals surface area contributed by atoms with Gasteiger partial charge in [-0.1, -0.05) is 25.1 Å². The number of rotatable bonds is 6. The molecular formula is C24H27N3O4S. The Hall–Kier alpha value is -3.13. The summed E-state index contributed by atoms with van der Waals surface area (Å²) in [5.41, 5.74) is 2.37. The fourth-order valence-corrected chi connectivity index (χ4v) is 5.15. The summed E-state index contributed by atoms with van der Waals surface area (Å²) >= 11 is 1.46. The number of para-hydroxylation sites is 1. The van der Waals surface area contributed by atoms with Gasteiger partial charge in [-0.25, -0.2) is 9.48 Å². The Morgan fingerprint density at radius 2 is 1.91 bits per heavy atom. The Labute approximate surface area is 190 Å². The van der Waals surface area contributed by atoms with Crippen LogP contribution in [-0.2, 0) is 29.4 Å². The van der Waals surface area contributed by atoms with Crippen LogP contribution in [0.3, 0.4) is 0 Å². The lowest BCUT2D eigenvalue weighted by Gasteiger charge is -2.15. The van der Waals surface area contributed by atoms with E-state index in [4.69, 9.17) is 4.74 Å². The van der Waals surface area contributed by atoms with E-state index in [0.717, 1.165) is 25.7 Å². The summed E-state index contributed by atoms with van der Waals surface area (Å²) in [6, 6.07) is 11.1. The molecule has 1 aliphatic rings. The third-order valence-corrected chi connectivity index (χ3v) is 7.13. The average molecular weight is 454 g/mol. The Bertz CT molecular complexity index is 1180. The lowest BCUT2D eigenvalue weighted by atomic mass is 9.99. The first kappa shape index (κ1) is 22.1. The van der Waals surface area contributed by atoms with Gasteiger partial charge in [-0.15, -0.1) is 11.3 Å². The minimum Gasteiger partial charge on any atom is -0.448 e. The summed E-state index contributed by atoms with van der Waals surface area (Å²) < 4.78 is 8.73. The predicted octanol–water partition coefficient (Wildman–Crippen LogP) is 4.00. The second-order valence-corrected chi connectivity index (χ2v) is 9.13. The SMILES string of the molecule is CCC(OC(=O)c1cc2c(s1)CCCC2)C(=O)Nc1c(C)n(C)n(-c2ccccc2)c1=O. The van der Waals surface area contributed by atoms with Crippen LogP contribution < -0.4 is 10.9 Å². The number of nitrogens with zero attached hydrogens (tertiary/aromatic N) is 2. The average Bonchev–Trinajstić information content (AvgIpc) is 3.33. The van der Waals surface area contributed by atoms with Crippen molar-refractivity contribution in [2.24, 2.45) is 7.05 Å². The van der Waals surface area contributed by atoms with E-state index in [2.05, 4.69) is 5.32 Å². The second kappa shape index (κ2) is 9.16. The molecule has 7 nitrogen and oxygen atoms in total. The molecule has 8 heteroatoms. The fourth-order valence-electron chi connectivity index (χ4n) is 4.02. The number of aryl methyl sites for hydroxylation is 2. The van der Waals surface area contributed by atoms with Gasteiger partial charge in [0.25, 0.3) is 11.5 Å². The molecule has 1 aliphatic carbocycles. The third-order valence-electron chi connectivity index (χ3n) is 5.91. The number of hydrogen-bond acceptors (Lipinski definition) is 5. The number of aromatic nitrogens is 2.